The van der Waals surface area contributed by atoms with Crippen LogP contribution in [-0.4, -0.2) is 38.7 Å². The summed E-state index contributed by atoms with van der Waals surface area (Å²) in [5.41, 5.74) is 1.37. The van der Waals surface area contributed by atoms with Gasteiger partial charge in [-0.25, -0.2) is 13.9 Å². The first kappa shape index (κ1) is 15.3. The van der Waals surface area contributed by atoms with Gasteiger partial charge < -0.3 is 4.74 Å². The monoisotopic (exact) mass is 339 g/mol. The molecule has 1 aliphatic heterocycles. The van der Waals surface area contributed by atoms with Gasteiger partial charge in [-0.1, -0.05) is 11.3 Å². The van der Waals surface area contributed by atoms with Gasteiger partial charge in [0, 0.05) is 18.0 Å². The number of rotatable bonds is 4. The molecule has 8 heteroatoms. The van der Waals surface area contributed by atoms with Gasteiger partial charge in [-0.05, 0) is 30.3 Å². The minimum absolute atomic E-state index is 0.321. The maximum Gasteiger partial charge on any atom is 0.414 e. The van der Waals surface area contributed by atoms with Crippen molar-refractivity contribution in [3.63, 3.8) is 0 Å². The smallest absolute Gasteiger partial charge is 0.414 e. The Balaban J connectivity index is 1.54. The number of hydrogen-bond acceptors (Lipinski definition) is 5. The van der Waals surface area contributed by atoms with E-state index in [0.717, 1.165) is 0 Å². The van der Waals surface area contributed by atoms with Crippen LogP contribution >= 0.6 is 0 Å². The molecule has 1 saturated heterocycles. The van der Waals surface area contributed by atoms with Gasteiger partial charge in [0.25, 0.3) is 0 Å². The molecule has 1 fully saturated rings. The van der Waals surface area contributed by atoms with Crippen LogP contribution in [0.2, 0.25) is 0 Å². The predicted molar refractivity (Wildman–Crippen MR) is 87.3 cm³/mol. The molecule has 0 spiro atoms. The second kappa shape index (κ2) is 6.31. The quantitative estimate of drug-likeness (QED) is 0.730. The SMILES string of the molecule is O=C1O[C@H](Cn2ccnn2)CN1c1ccc(-c2ccccn2)c(F)c1. The van der Waals surface area contributed by atoms with Gasteiger partial charge in [-0.3, -0.25) is 9.88 Å². The predicted octanol–water partition coefficient (Wildman–Crippen LogP) is 2.50. The van der Waals surface area contributed by atoms with Crippen LogP contribution in [0.25, 0.3) is 11.3 Å². The molecular formula is C17H14FN5O2. The lowest BCUT2D eigenvalue weighted by molar-refractivity contribution is 0.129. The van der Waals surface area contributed by atoms with E-state index in [4.69, 9.17) is 4.74 Å². The Morgan fingerprint density at radius 2 is 2.16 bits per heavy atom. The van der Waals surface area contributed by atoms with E-state index in [-0.39, 0.29) is 6.10 Å². The highest BCUT2D eigenvalue weighted by Crippen LogP contribution is 2.28. The van der Waals surface area contributed by atoms with Gasteiger partial charge in [-0.15, -0.1) is 5.10 Å². The van der Waals surface area contributed by atoms with Crippen LogP contribution in [-0.2, 0) is 11.3 Å². The molecule has 0 radical (unpaired) electrons. The number of anilines is 1. The van der Waals surface area contributed by atoms with Crippen molar-refractivity contribution in [2.24, 2.45) is 0 Å². The summed E-state index contributed by atoms with van der Waals surface area (Å²) < 4.78 is 21.4. The molecule has 4 rings (SSSR count). The zero-order valence-corrected chi connectivity index (χ0v) is 13.1. The summed E-state index contributed by atoms with van der Waals surface area (Å²) in [5.74, 6) is -0.441. The molecule has 1 aliphatic rings. The molecule has 3 aromatic rings. The molecule has 2 aromatic heterocycles. The summed E-state index contributed by atoms with van der Waals surface area (Å²) in [5, 5.41) is 7.57. The normalized spacial score (nSPS) is 16.9. The van der Waals surface area contributed by atoms with Gasteiger partial charge >= 0.3 is 6.09 Å². The molecule has 0 unspecified atom stereocenters. The summed E-state index contributed by atoms with van der Waals surface area (Å²) in [4.78, 5) is 17.7. The fourth-order valence-electron chi connectivity index (χ4n) is 2.77. The number of amides is 1. The van der Waals surface area contributed by atoms with Gasteiger partial charge in [0.05, 0.1) is 30.7 Å². The second-order valence-corrected chi connectivity index (χ2v) is 5.62. The first-order chi connectivity index (χ1) is 12.2. The highest BCUT2D eigenvalue weighted by molar-refractivity contribution is 5.90. The Hall–Kier alpha value is -3.29. The van der Waals surface area contributed by atoms with Crippen molar-refractivity contribution in [3.8, 4) is 11.3 Å². The topological polar surface area (TPSA) is 73.1 Å². The Morgan fingerprint density at radius 3 is 2.88 bits per heavy atom. The summed E-state index contributed by atoms with van der Waals surface area (Å²) in [6.07, 6.45) is 3.98. The average molecular weight is 339 g/mol. The Morgan fingerprint density at radius 1 is 1.24 bits per heavy atom. The van der Waals surface area contributed by atoms with Gasteiger partial charge in [0.15, 0.2) is 0 Å². The zero-order valence-electron chi connectivity index (χ0n) is 13.1. The maximum atomic E-state index is 14.5. The van der Waals surface area contributed by atoms with Crippen LogP contribution < -0.4 is 4.90 Å². The molecule has 3 heterocycles. The first-order valence-electron chi connectivity index (χ1n) is 7.74. The number of hydrogen-bond donors (Lipinski definition) is 0. The number of benzene rings is 1. The van der Waals surface area contributed by atoms with Crippen molar-refractivity contribution in [3.05, 3.63) is 60.8 Å². The third kappa shape index (κ3) is 3.06. The number of carbonyl (C=O) groups is 1. The molecule has 126 valence electrons. The number of ether oxygens (including phenoxy) is 1. The standard InChI is InChI=1S/C17H14FN5O2/c18-15-9-12(4-5-14(15)16-3-1-2-6-19-16)23-11-13(25-17(23)24)10-22-8-7-20-21-22/h1-9,13H,10-11H2/t13-/m1/s1. The highest BCUT2D eigenvalue weighted by atomic mass is 19.1. The molecule has 1 atom stereocenters. The number of pyridine rings is 1. The summed E-state index contributed by atoms with van der Waals surface area (Å²) in [7, 11) is 0. The molecule has 1 amide bonds. The van der Waals surface area contributed by atoms with Crippen LogP contribution in [0.5, 0.6) is 0 Å². The Bertz CT molecular complexity index is 885. The molecule has 0 saturated carbocycles. The van der Waals surface area contributed by atoms with Crippen molar-refractivity contribution < 1.29 is 13.9 Å². The van der Waals surface area contributed by atoms with E-state index in [1.54, 1.807) is 53.6 Å². The molecule has 1 aromatic carbocycles. The molecule has 0 bridgehead atoms. The van der Waals surface area contributed by atoms with Crippen LogP contribution in [0.3, 0.4) is 0 Å². The van der Waals surface area contributed by atoms with E-state index < -0.39 is 11.9 Å². The van der Waals surface area contributed by atoms with E-state index in [2.05, 4.69) is 15.3 Å². The van der Waals surface area contributed by atoms with E-state index >= 15 is 0 Å². The number of aromatic nitrogens is 4. The number of nitrogens with zero attached hydrogens (tertiary/aromatic N) is 5. The summed E-state index contributed by atoms with van der Waals surface area (Å²) in [6.45, 7) is 0.720. The van der Waals surface area contributed by atoms with Crippen LogP contribution in [0, 0.1) is 5.82 Å². The van der Waals surface area contributed by atoms with Crippen molar-refractivity contribution in [2.45, 2.75) is 12.6 Å². The fourth-order valence-corrected chi connectivity index (χ4v) is 2.77. The van der Waals surface area contributed by atoms with Crippen LogP contribution in [0.15, 0.2) is 55.0 Å². The summed E-state index contributed by atoms with van der Waals surface area (Å²) >= 11 is 0. The van der Waals surface area contributed by atoms with E-state index in [9.17, 15) is 9.18 Å². The number of halogens is 1. The van der Waals surface area contributed by atoms with Crippen LogP contribution in [0.4, 0.5) is 14.9 Å². The maximum absolute atomic E-state index is 14.5. The number of cyclic esters (lactones) is 1. The fraction of sp³-hybridized carbons (Fsp3) is 0.176. The Labute approximate surface area is 142 Å². The minimum Gasteiger partial charge on any atom is -0.442 e. The zero-order chi connectivity index (χ0) is 17.2. The molecule has 0 N–H and O–H groups in total. The largest absolute Gasteiger partial charge is 0.442 e. The van der Waals surface area contributed by atoms with E-state index in [0.29, 0.717) is 30.0 Å². The van der Waals surface area contributed by atoms with Gasteiger partial charge in [-0.2, -0.15) is 0 Å². The van der Waals surface area contributed by atoms with E-state index in [1.807, 2.05) is 0 Å². The van der Waals surface area contributed by atoms with Crippen molar-refractivity contribution in [1.82, 2.24) is 20.0 Å². The Kier molecular flexibility index (Phi) is 3.85. The third-order valence-corrected chi connectivity index (χ3v) is 3.94. The second-order valence-electron chi connectivity index (χ2n) is 5.62. The van der Waals surface area contributed by atoms with Gasteiger partial charge in [0.1, 0.15) is 11.9 Å². The lowest BCUT2D eigenvalue weighted by Gasteiger charge is -2.14. The average Bonchev–Trinajstić information content (AvgIpc) is 3.25. The minimum atomic E-state index is -0.505. The third-order valence-electron chi connectivity index (χ3n) is 3.94. The lowest BCUT2D eigenvalue weighted by atomic mass is 10.1. The molecular weight excluding hydrogens is 325 g/mol. The molecule has 25 heavy (non-hydrogen) atoms. The number of carbonyl (C=O) groups excluding carboxylic acids is 1. The van der Waals surface area contributed by atoms with Gasteiger partial charge in [0.2, 0.25) is 0 Å². The van der Waals surface area contributed by atoms with Crippen molar-refractivity contribution >= 4 is 11.8 Å². The lowest BCUT2D eigenvalue weighted by Crippen LogP contribution is -2.26. The van der Waals surface area contributed by atoms with E-state index in [1.165, 1.54) is 11.0 Å². The first-order valence-corrected chi connectivity index (χ1v) is 7.74. The highest BCUT2D eigenvalue weighted by Gasteiger charge is 2.33. The van der Waals surface area contributed by atoms with Crippen molar-refractivity contribution in [2.75, 3.05) is 11.4 Å². The summed E-state index contributed by atoms with van der Waals surface area (Å²) in [6, 6.07) is 9.92. The van der Waals surface area contributed by atoms with Crippen LogP contribution in [0.1, 0.15) is 0 Å². The van der Waals surface area contributed by atoms with Crippen molar-refractivity contribution in [1.29, 1.82) is 0 Å². The molecule has 7 nitrogen and oxygen atoms in total. The molecule has 0 aliphatic carbocycles.